The van der Waals surface area contributed by atoms with Crippen molar-refractivity contribution in [2.45, 2.75) is 26.4 Å². The summed E-state index contributed by atoms with van der Waals surface area (Å²) < 4.78 is 6.60. The molecular weight excluding hydrogens is 420 g/mol. The van der Waals surface area contributed by atoms with Crippen LogP contribution in [0.1, 0.15) is 31.0 Å². The number of aliphatic imine (C=N–C) groups is 1. The highest BCUT2D eigenvalue weighted by atomic mass is 79.9. The van der Waals surface area contributed by atoms with Crippen molar-refractivity contribution in [1.82, 2.24) is 16.0 Å². The van der Waals surface area contributed by atoms with Crippen molar-refractivity contribution in [1.29, 1.82) is 0 Å². The highest BCUT2D eigenvalue weighted by molar-refractivity contribution is 9.10. The molecule has 6 nitrogen and oxygen atoms in total. The third-order valence-electron chi connectivity index (χ3n) is 4.05. The summed E-state index contributed by atoms with van der Waals surface area (Å²) >= 11 is 3.58. The van der Waals surface area contributed by atoms with E-state index in [1.807, 2.05) is 49.4 Å². The molecule has 0 radical (unpaired) electrons. The number of hydrogen-bond acceptors (Lipinski definition) is 3. The molecule has 0 aliphatic rings. The van der Waals surface area contributed by atoms with E-state index in [9.17, 15) is 4.79 Å². The number of hydrogen-bond donors (Lipinski definition) is 3. The van der Waals surface area contributed by atoms with Gasteiger partial charge in [-0.1, -0.05) is 46.3 Å². The number of ether oxygens (including phenoxy) is 1. The van der Waals surface area contributed by atoms with Gasteiger partial charge in [-0.3, -0.25) is 9.79 Å². The van der Waals surface area contributed by atoms with Gasteiger partial charge in [0.2, 0.25) is 0 Å². The number of halogens is 1. The summed E-state index contributed by atoms with van der Waals surface area (Å²) in [5.41, 5.74) is 2.19. The monoisotopic (exact) mass is 446 g/mol. The number of benzene rings is 2. The van der Waals surface area contributed by atoms with Gasteiger partial charge in [0.25, 0.3) is 5.91 Å². The lowest BCUT2D eigenvalue weighted by atomic mass is 10.1. The van der Waals surface area contributed by atoms with E-state index in [1.165, 1.54) is 0 Å². The fourth-order valence-electron chi connectivity index (χ4n) is 2.63. The van der Waals surface area contributed by atoms with E-state index in [1.54, 1.807) is 7.05 Å². The molecule has 0 bridgehead atoms. The maximum absolute atomic E-state index is 11.5. The molecule has 7 heteroatoms. The van der Waals surface area contributed by atoms with Crippen molar-refractivity contribution in [2.24, 2.45) is 4.99 Å². The molecule has 2 aromatic rings. The SMILES string of the molecule is CCNC(=O)COc1cccc(CNC(=NC)NC(C)c2ccccc2Br)c1. The summed E-state index contributed by atoms with van der Waals surface area (Å²) in [6, 6.07) is 15.9. The number of likely N-dealkylation sites (N-methyl/N-ethyl adjacent to an activating group) is 1. The Balaban J connectivity index is 1.90. The molecule has 0 heterocycles. The minimum Gasteiger partial charge on any atom is -0.484 e. The number of carbonyl (C=O) groups is 1. The van der Waals surface area contributed by atoms with Crippen molar-refractivity contribution in [3.63, 3.8) is 0 Å². The van der Waals surface area contributed by atoms with Crippen LogP contribution in [0.3, 0.4) is 0 Å². The van der Waals surface area contributed by atoms with Crippen molar-refractivity contribution >= 4 is 27.8 Å². The molecule has 0 aliphatic heterocycles. The molecule has 0 aromatic heterocycles. The Kier molecular flexibility index (Phi) is 8.81. The van der Waals surface area contributed by atoms with Crippen molar-refractivity contribution in [2.75, 3.05) is 20.2 Å². The lowest BCUT2D eigenvalue weighted by Gasteiger charge is -2.19. The zero-order chi connectivity index (χ0) is 20.4. The van der Waals surface area contributed by atoms with Crippen LogP contribution in [0.4, 0.5) is 0 Å². The summed E-state index contributed by atoms with van der Waals surface area (Å²) in [6.45, 7) is 5.15. The van der Waals surface area contributed by atoms with Gasteiger partial charge in [-0.15, -0.1) is 0 Å². The van der Waals surface area contributed by atoms with E-state index in [2.05, 4.69) is 49.9 Å². The minimum atomic E-state index is -0.128. The number of nitrogens with zero attached hydrogens (tertiary/aromatic N) is 1. The molecule has 0 aliphatic carbocycles. The van der Waals surface area contributed by atoms with E-state index in [4.69, 9.17) is 4.74 Å². The predicted octanol–water partition coefficient (Wildman–Crippen LogP) is 3.39. The average Bonchev–Trinajstić information content (AvgIpc) is 2.70. The van der Waals surface area contributed by atoms with E-state index >= 15 is 0 Å². The Bertz CT molecular complexity index is 810. The van der Waals surface area contributed by atoms with Gasteiger partial charge >= 0.3 is 0 Å². The van der Waals surface area contributed by atoms with Crippen LogP contribution in [-0.2, 0) is 11.3 Å². The highest BCUT2D eigenvalue weighted by Gasteiger charge is 2.10. The molecule has 3 N–H and O–H groups in total. The summed E-state index contributed by atoms with van der Waals surface area (Å²) in [5.74, 6) is 1.24. The number of nitrogens with one attached hydrogen (secondary N) is 3. The Morgan fingerprint density at radius 1 is 1.18 bits per heavy atom. The van der Waals surface area contributed by atoms with Crippen LogP contribution in [0.25, 0.3) is 0 Å². The first-order valence-electron chi connectivity index (χ1n) is 9.23. The second kappa shape index (κ2) is 11.3. The number of amides is 1. The quantitative estimate of drug-likeness (QED) is 0.429. The molecule has 0 fully saturated rings. The molecular formula is C21H27BrN4O2. The van der Waals surface area contributed by atoms with Gasteiger partial charge in [-0.2, -0.15) is 0 Å². The lowest BCUT2D eigenvalue weighted by molar-refractivity contribution is -0.122. The third-order valence-corrected chi connectivity index (χ3v) is 4.77. The zero-order valence-electron chi connectivity index (χ0n) is 16.5. The normalized spacial score (nSPS) is 12.2. The molecule has 2 rings (SSSR count). The molecule has 28 heavy (non-hydrogen) atoms. The van der Waals surface area contributed by atoms with Crippen LogP contribution in [0, 0.1) is 0 Å². The molecule has 1 amide bonds. The number of carbonyl (C=O) groups excluding carboxylic acids is 1. The first kappa shape index (κ1) is 21.8. The van der Waals surface area contributed by atoms with Crippen LogP contribution in [0.5, 0.6) is 5.75 Å². The third kappa shape index (κ3) is 6.88. The van der Waals surface area contributed by atoms with Gasteiger partial charge in [-0.25, -0.2) is 0 Å². The average molecular weight is 447 g/mol. The van der Waals surface area contributed by atoms with Gasteiger partial charge in [0.1, 0.15) is 5.75 Å². The van der Waals surface area contributed by atoms with Crippen molar-refractivity contribution < 1.29 is 9.53 Å². The molecule has 0 saturated carbocycles. The van der Waals surface area contributed by atoms with Gasteiger partial charge < -0.3 is 20.7 Å². The highest BCUT2D eigenvalue weighted by Crippen LogP contribution is 2.22. The maximum Gasteiger partial charge on any atom is 0.257 e. The predicted molar refractivity (Wildman–Crippen MR) is 117 cm³/mol. The smallest absolute Gasteiger partial charge is 0.257 e. The van der Waals surface area contributed by atoms with Crippen LogP contribution in [0.15, 0.2) is 58.0 Å². The Morgan fingerprint density at radius 3 is 2.68 bits per heavy atom. The fraction of sp³-hybridized carbons (Fsp3) is 0.333. The van der Waals surface area contributed by atoms with Crippen LogP contribution in [0.2, 0.25) is 0 Å². The topological polar surface area (TPSA) is 74.8 Å². The second-order valence-electron chi connectivity index (χ2n) is 6.20. The standard InChI is InChI=1S/C21H27BrN4O2/c1-4-24-20(27)14-28-17-9-7-8-16(12-17)13-25-21(23-3)26-15(2)18-10-5-6-11-19(18)22/h5-12,15H,4,13-14H2,1-3H3,(H,24,27)(H2,23,25,26). The maximum atomic E-state index is 11.5. The summed E-state index contributed by atoms with van der Waals surface area (Å²) in [7, 11) is 1.74. The largest absolute Gasteiger partial charge is 0.484 e. The van der Waals surface area contributed by atoms with Crippen LogP contribution >= 0.6 is 15.9 Å². The van der Waals surface area contributed by atoms with Crippen molar-refractivity contribution in [3.05, 3.63) is 64.1 Å². The lowest BCUT2D eigenvalue weighted by Crippen LogP contribution is -2.38. The van der Waals surface area contributed by atoms with E-state index < -0.39 is 0 Å². The molecule has 150 valence electrons. The molecule has 0 spiro atoms. The van der Waals surface area contributed by atoms with E-state index in [0.717, 1.165) is 15.6 Å². The molecule has 1 atom stereocenters. The Labute approximate surface area is 174 Å². The summed E-state index contributed by atoms with van der Waals surface area (Å²) in [6.07, 6.45) is 0. The number of guanidine groups is 1. The molecule has 1 unspecified atom stereocenters. The summed E-state index contributed by atoms with van der Waals surface area (Å²) in [5, 5.41) is 9.40. The van der Waals surface area contributed by atoms with Gasteiger partial charge in [0, 0.05) is 24.6 Å². The number of rotatable bonds is 8. The van der Waals surface area contributed by atoms with Crippen LogP contribution < -0.4 is 20.7 Å². The zero-order valence-corrected chi connectivity index (χ0v) is 18.0. The molecule has 0 saturated heterocycles. The summed E-state index contributed by atoms with van der Waals surface area (Å²) in [4.78, 5) is 15.8. The van der Waals surface area contributed by atoms with Gasteiger partial charge in [0.15, 0.2) is 12.6 Å². The minimum absolute atomic E-state index is 0.0113. The van der Waals surface area contributed by atoms with Gasteiger partial charge in [-0.05, 0) is 43.2 Å². The Morgan fingerprint density at radius 2 is 1.96 bits per heavy atom. The van der Waals surface area contributed by atoms with E-state index in [-0.39, 0.29) is 18.6 Å². The Hall–Kier alpha value is -2.54. The first-order valence-corrected chi connectivity index (χ1v) is 10.0. The van der Waals surface area contributed by atoms with Gasteiger partial charge in [0.05, 0.1) is 6.04 Å². The van der Waals surface area contributed by atoms with E-state index in [0.29, 0.717) is 24.8 Å². The van der Waals surface area contributed by atoms with Crippen LogP contribution in [-0.4, -0.2) is 32.1 Å². The van der Waals surface area contributed by atoms with Crippen molar-refractivity contribution in [3.8, 4) is 5.75 Å². The fourth-order valence-corrected chi connectivity index (χ4v) is 3.26. The molecule has 2 aromatic carbocycles. The second-order valence-corrected chi connectivity index (χ2v) is 7.06. The first-order chi connectivity index (χ1) is 13.5.